The van der Waals surface area contributed by atoms with Crippen LogP contribution in [0.1, 0.15) is 48.0 Å². The number of aromatic nitrogens is 3. The lowest BCUT2D eigenvalue weighted by molar-refractivity contribution is 0.0950. The Morgan fingerprint density at radius 3 is 2.76 bits per heavy atom. The van der Waals surface area contributed by atoms with Crippen LogP contribution >= 0.6 is 0 Å². The molecule has 0 atom stereocenters. The summed E-state index contributed by atoms with van der Waals surface area (Å²) in [5, 5.41) is 6.05. The fraction of sp³-hybridized carbons (Fsp3) is 0.368. The van der Waals surface area contributed by atoms with Gasteiger partial charge in [0.1, 0.15) is 0 Å². The number of allylic oxidation sites excluding steroid dienone is 1. The lowest BCUT2D eigenvalue weighted by Gasteiger charge is -2.12. The third-order valence-corrected chi connectivity index (χ3v) is 4.20. The molecule has 2 aromatic rings. The van der Waals surface area contributed by atoms with Gasteiger partial charge in [0.15, 0.2) is 0 Å². The minimum Gasteiger partial charge on any atom is -0.354 e. The van der Waals surface area contributed by atoms with Crippen molar-refractivity contribution in [3.8, 4) is 0 Å². The molecule has 2 heterocycles. The van der Waals surface area contributed by atoms with Gasteiger partial charge in [0.05, 0.1) is 5.56 Å². The van der Waals surface area contributed by atoms with Crippen LogP contribution in [0, 0.1) is 0 Å². The molecular weight excluding hydrogens is 314 g/mol. The molecule has 6 nitrogen and oxygen atoms in total. The zero-order valence-corrected chi connectivity index (χ0v) is 14.2. The summed E-state index contributed by atoms with van der Waals surface area (Å²) < 4.78 is 0. The molecule has 25 heavy (non-hydrogen) atoms. The van der Waals surface area contributed by atoms with Gasteiger partial charge in [0.25, 0.3) is 5.91 Å². The number of carbonyl (C=O) groups excluding carboxylic acids is 1. The van der Waals surface area contributed by atoms with Gasteiger partial charge in [-0.2, -0.15) is 0 Å². The Labute approximate surface area is 147 Å². The van der Waals surface area contributed by atoms with Gasteiger partial charge < -0.3 is 10.6 Å². The fourth-order valence-corrected chi connectivity index (χ4v) is 2.79. The van der Waals surface area contributed by atoms with Crippen LogP contribution in [-0.4, -0.2) is 27.4 Å². The molecule has 1 aliphatic rings. The molecule has 0 saturated heterocycles. The number of rotatable bonds is 7. The molecule has 1 aliphatic carbocycles. The van der Waals surface area contributed by atoms with Crippen molar-refractivity contribution < 1.29 is 4.79 Å². The van der Waals surface area contributed by atoms with E-state index in [2.05, 4.69) is 31.7 Å². The molecule has 1 amide bonds. The molecule has 6 heteroatoms. The normalized spacial score (nSPS) is 13.8. The zero-order valence-electron chi connectivity index (χ0n) is 14.2. The number of anilines is 1. The number of amides is 1. The highest BCUT2D eigenvalue weighted by atomic mass is 16.1. The molecule has 0 radical (unpaired) electrons. The minimum atomic E-state index is -0.192. The van der Waals surface area contributed by atoms with Gasteiger partial charge in [-0.25, -0.2) is 9.97 Å². The second kappa shape index (κ2) is 8.92. The van der Waals surface area contributed by atoms with Gasteiger partial charge in [0.2, 0.25) is 5.95 Å². The summed E-state index contributed by atoms with van der Waals surface area (Å²) in [4.78, 5) is 24.6. The molecule has 2 N–H and O–H groups in total. The van der Waals surface area contributed by atoms with E-state index >= 15 is 0 Å². The number of nitrogens with zero attached hydrogens (tertiary/aromatic N) is 3. The molecule has 0 unspecified atom stereocenters. The first-order valence-corrected chi connectivity index (χ1v) is 8.72. The molecule has 0 aliphatic heterocycles. The average molecular weight is 337 g/mol. The first-order chi connectivity index (χ1) is 12.3. The highest BCUT2D eigenvalue weighted by Crippen LogP contribution is 2.19. The quantitative estimate of drug-likeness (QED) is 0.759. The summed E-state index contributed by atoms with van der Waals surface area (Å²) in [6.07, 6.45) is 14.9. The van der Waals surface area contributed by atoms with Gasteiger partial charge in [-0.1, -0.05) is 17.7 Å². The van der Waals surface area contributed by atoms with Crippen molar-refractivity contribution in [2.45, 2.75) is 38.6 Å². The maximum Gasteiger partial charge on any atom is 0.254 e. The summed E-state index contributed by atoms with van der Waals surface area (Å²) in [7, 11) is 0. The van der Waals surface area contributed by atoms with Crippen LogP contribution in [0.15, 0.2) is 48.6 Å². The van der Waals surface area contributed by atoms with Crippen LogP contribution in [0.5, 0.6) is 0 Å². The highest BCUT2D eigenvalue weighted by molar-refractivity contribution is 5.93. The largest absolute Gasteiger partial charge is 0.354 e. The molecule has 0 fully saturated rings. The second-order valence-electron chi connectivity index (χ2n) is 6.12. The lowest BCUT2D eigenvalue weighted by Crippen LogP contribution is -2.23. The van der Waals surface area contributed by atoms with Gasteiger partial charge in [0, 0.05) is 37.9 Å². The molecule has 0 saturated carbocycles. The van der Waals surface area contributed by atoms with E-state index in [1.807, 2.05) is 12.1 Å². The minimum absolute atomic E-state index is 0.192. The van der Waals surface area contributed by atoms with Gasteiger partial charge in [-0.3, -0.25) is 9.78 Å². The highest BCUT2D eigenvalue weighted by Gasteiger charge is 2.08. The predicted molar refractivity (Wildman–Crippen MR) is 97.1 cm³/mol. The standard InChI is InChI=1S/C19H23N5O/c25-18(22-12-16-7-4-9-20-11-16)17-13-23-19(24-14-17)21-10-8-15-5-2-1-3-6-15/h4-5,7,9,11,13-14H,1-3,6,8,10,12H2,(H,22,25)(H,21,23,24). The molecule has 0 bridgehead atoms. The summed E-state index contributed by atoms with van der Waals surface area (Å²) in [5.74, 6) is 0.364. The number of nitrogens with one attached hydrogen (secondary N) is 2. The molecule has 0 spiro atoms. The summed E-state index contributed by atoms with van der Waals surface area (Å²) in [5.41, 5.74) is 2.92. The molecule has 3 rings (SSSR count). The Morgan fingerprint density at radius 2 is 2.04 bits per heavy atom. The number of pyridine rings is 1. The summed E-state index contributed by atoms with van der Waals surface area (Å²) in [6.45, 7) is 1.25. The van der Waals surface area contributed by atoms with E-state index < -0.39 is 0 Å². The van der Waals surface area contributed by atoms with Crippen molar-refractivity contribution in [1.82, 2.24) is 20.3 Å². The van der Waals surface area contributed by atoms with E-state index in [0.29, 0.717) is 18.1 Å². The predicted octanol–water partition coefficient (Wildman–Crippen LogP) is 3.10. The maximum atomic E-state index is 12.1. The Morgan fingerprint density at radius 1 is 1.16 bits per heavy atom. The molecule has 130 valence electrons. The molecular formula is C19H23N5O. The Hall–Kier alpha value is -2.76. The van der Waals surface area contributed by atoms with E-state index in [4.69, 9.17) is 0 Å². The molecule has 0 aromatic carbocycles. The zero-order chi connectivity index (χ0) is 17.3. The van der Waals surface area contributed by atoms with Crippen LogP contribution in [-0.2, 0) is 6.54 Å². The van der Waals surface area contributed by atoms with Gasteiger partial charge in [-0.15, -0.1) is 0 Å². The first kappa shape index (κ1) is 17.1. The van der Waals surface area contributed by atoms with E-state index in [9.17, 15) is 4.79 Å². The number of hydrogen-bond donors (Lipinski definition) is 2. The van der Waals surface area contributed by atoms with E-state index in [1.165, 1.54) is 31.3 Å². The third kappa shape index (κ3) is 5.38. The lowest BCUT2D eigenvalue weighted by atomic mass is 9.97. The van der Waals surface area contributed by atoms with Crippen molar-refractivity contribution in [1.29, 1.82) is 0 Å². The summed E-state index contributed by atoms with van der Waals surface area (Å²) >= 11 is 0. The Balaban J connectivity index is 1.44. The van der Waals surface area contributed by atoms with Crippen molar-refractivity contribution in [2.24, 2.45) is 0 Å². The Kier molecular flexibility index (Phi) is 6.09. The van der Waals surface area contributed by atoms with Crippen molar-refractivity contribution in [3.05, 3.63) is 59.7 Å². The summed E-state index contributed by atoms with van der Waals surface area (Å²) in [6, 6.07) is 3.76. The molecule has 2 aromatic heterocycles. The topological polar surface area (TPSA) is 79.8 Å². The Bertz CT molecular complexity index is 712. The van der Waals surface area contributed by atoms with Crippen LogP contribution in [0.2, 0.25) is 0 Å². The van der Waals surface area contributed by atoms with Crippen molar-refractivity contribution >= 4 is 11.9 Å². The fourth-order valence-electron chi connectivity index (χ4n) is 2.79. The van der Waals surface area contributed by atoms with Gasteiger partial charge in [-0.05, 0) is 43.7 Å². The van der Waals surface area contributed by atoms with Crippen molar-refractivity contribution in [3.63, 3.8) is 0 Å². The number of hydrogen-bond acceptors (Lipinski definition) is 5. The van der Waals surface area contributed by atoms with Crippen molar-refractivity contribution in [2.75, 3.05) is 11.9 Å². The monoisotopic (exact) mass is 337 g/mol. The van der Waals surface area contributed by atoms with E-state index in [-0.39, 0.29) is 5.91 Å². The van der Waals surface area contributed by atoms with Gasteiger partial charge >= 0.3 is 0 Å². The van der Waals surface area contributed by atoms with Crippen LogP contribution in [0.4, 0.5) is 5.95 Å². The smallest absolute Gasteiger partial charge is 0.254 e. The maximum absolute atomic E-state index is 12.1. The van der Waals surface area contributed by atoms with E-state index in [0.717, 1.165) is 18.5 Å². The SMILES string of the molecule is O=C(NCc1cccnc1)c1cnc(NCCC2=CCCCC2)nc1. The van der Waals surface area contributed by atoms with E-state index in [1.54, 1.807) is 24.8 Å². The average Bonchev–Trinajstić information content (AvgIpc) is 2.68. The number of carbonyl (C=O) groups is 1. The second-order valence-corrected chi connectivity index (χ2v) is 6.12. The first-order valence-electron chi connectivity index (χ1n) is 8.72. The third-order valence-electron chi connectivity index (χ3n) is 4.20. The van der Waals surface area contributed by atoms with Crippen LogP contribution in [0.3, 0.4) is 0 Å². The van der Waals surface area contributed by atoms with Crippen LogP contribution in [0.25, 0.3) is 0 Å². The van der Waals surface area contributed by atoms with Crippen LogP contribution < -0.4 is 10.6 Å².